The Morgan fingerprint density at radius 1 is 0.522 bits per heavy atom. The molecule has 23 heavy (non-hydrogen) atoms. The second kappa shape index (κ2) is 6.88. The van der Waals surface area contributed by atoms with E-state index in [1.807, 2.05) is 0 Å². The van der Waals surface area contributed by atoms with Gasteiger partial charge in [0.25, 0.3) is 0 Å². The second-order valence-corrected chi connectivity index (χ2v) is 18.1. The van der Waals surface area contributed by atoms with E-state index in [4.69, 9.17) is 0 Å². The van der Waals surface area contributed by atoms with E-state index in [9.17, 15) is 0 Å². The molecule has 0 unspecified atom stereocenters. The minimum atomic E-state index is 0.163. The summed E-state index contributed by atoms with van der Waals surface area (Å²) in [7, 11) is 0.327. The van der Waals surface area contributed by atoms with Crippen LogP contribution in [0.1, 0.15) is 100 Å². The lowest BCUT2D eigenvalue weighted by atomic mass is 9.98. The highest BCUT2D eigenvalue weighted by Crippen LogP contribution is 2.68. The zero-order valence-corrected chi connectivity index (χ0v) is 19.0. The lowest BCUT2D eigenvalue weighted by Crippen LogP contribution is -2.37. The van der Waals surface area contributed by atoms with Gasteiger partial charge in [0.2, 0.25) is 0 Å². The van der Waals surface area contributed by atoms with Crippen LogP contribution in [-0.4, -0.2) is 32.9 Å². The van der Waals surface area contributed by atoms with Crippen LogP contribution in [0, 0.1) is 0 Å². The zero-order chi connectivity index (χ0) is 17.5. The molecule has 2 heteroatoms. The van der Waals surface area contributed by atoms with Gasteiger partial charge in [-0.15, -0.1) is 0 Å². The van der Waals surface area contributed by atoms with E-state index >= 15 is 0 Å². The van der Waals surface area contributed by atoms with Crippen LogP contribution in [0.15, 0.2) is 0 Å². The molecule has 0 aromatic heterocycles. The van der Waals surface area contributed by atoms with E-state index in [0.29, 0.717) is 20.6 Å². The zero-order valence-electron chi connectivity index (χ0n) is 17.3. The second-order valence-electron chi connectivity index (χ2n) is 10.6. The first kappa shape index (κ1) is 20.2. The molecular formula is C21H42P2. The van der Waals surface area contributed by atoms with Crippen LogP contribution in [0.2, 0.25) is 0 Å². The average molecular weight is 357 g/mol. The summed E-state index contributed by atoms with van der Waals surface area (Å²) in [5.74, 6) is 0. The summed E-state index contributed by atoms with van der Waals surface area (Å²) in [5.41, 5.74) is 0. The summed E-state index contributed by atoms with van der Waals surface area (Å²) in [6, 6.07) is 0. The van der Waals surface area contributed by atoms with Crippen molar-refractivity contribution in [2.24, 2.45) is 0 Å². The maximum atomic E-state index is 2.57. The first-order valence-electron chi connectivity index (χ1n) is 9.94. The fourth-order valence-electron chi connectivity index (χ4n) is 5.68. The quantitative estimate of drug-likeness (QED) is 0.450. The van der Waals surface area contributed by atoms with Gasteiger partial charge in [-0.3, -0.25) is 0 Å². The Labute approximate surface area is 149 Å². The number of hydrogen-bond acceptors (Lipinski definition) is 0. The Balaban J connectivity index is 2.00. The number of rotatable bonds is 4. The minimum Gasteiger partial charge on any atom is -0.0951 e. The molecule has 2 heterocycles. The smallest absolute Gasteiger partial charge is 0.0146 e. The highest BCUT2D eigenvalue weighted by molar-refractivity contribution is 7.62. The molecule has 0 aromatic carbocycles. The molecule has 0 nitrogen and oxygen atoms in total. The third-order valence-electron chi connectivity index (χ3n) is 6.84. The molecule has 2 rings (SSSR count). The van der Waals surface area contributed by atoms with Crippen LogP contribution >= 0.6 is 15.8 Å². The summed E-state index contributed by atoms with van der Waals surface area (Å²) in [6.45, 7) is 20.6. The third-order valence-corrected chi connectivity index (χ3v) is 15.1. The molecule has 0 atom stereocenters. The average Bonchev–Trinajstić information content (AvgIpc) is 2.33. The molecule has 2 aliphatic rings. The van der Waals surface area contributed by atoms with Crippen molar-refractivity contribution in [3.8, 4) is 0 Å². The summed E-state index contributed by atoms with van der Waals surface area (Å²) < 4.78 is 0. The molecule has 0 bridgehead atoms. The predicted molar refractivity (Wildman–Crippen MR) is 112 cm³/mol. The van der Waals surface area contributed by atoms with E-state index in [0.717, 1.165) is 0 Å². The van der Waals surface area contributed by atoms with Gasteiger partial charge < -0.3 is 0 Å². The van der Waals surface area contributed by atoms with Crippen LogP contribution in [0.3, 0.4) is 0 Å². The molecule has 0 N–H and O–H groups in total. The monoisotopic (exact) mass is 356 g/mol. The number of hydrogen-bond donors (Lipinski definition) is 0. The molecule has 0 spiro atoms. The molecule has 2 aliphatic heterocycles. The SMILES string of the molecule is CC1(C)CCCC(C)(C)P1CCCP1C(C)(C)CCCC1(C)C. The lowest BCUT2D eigenvalue weighted by Gasteiger charge is -2.52. The molecule has 0 saturated carbocycles. The van der Waals surface area contributed by atoms with Crippen molar-refractivity contribution in [3.05, 3.63) is 0 Å². The van der Waals surface area contributed by atoms with Crippen molar-refractivity contribution in [2.45, 2.75) is 121 Å². The van der Waals surface area contributed by atoms with Gasteiger partial charge in [0.15, 0.2) is 0 Å². The highest BCUT2D eigenvalue weighted by atomic mass is 31.1. The van der Waals surface area contributed by atoms with Gasteiger partial charge in [0.1, 0.15) is 0 Å². The molecule has 0 aliphatic carbocycles. The lowest BCUT2D eigenvalue weighted by molar-refractivity contribution is 0.462. The van der Waals surface area contributed by atoms with E-state index < -0.39 is 0 Å². The molecule has 0 amide bonds. The highest BCUT2D eigenvalue weighted by Gasteiger charge is 2.45. The van der Waals surface area contributed by atoms with Crippen LogP contribution in [0.5, 0.6) is 0 Å². The molecule has 2 fully saturated rings. The van der Waals surface area contributed by atoms with Crippen LogP contribution in [0.25, 0.3) is 0 Å². The largest absolute Gasteiger partial charge is 0.0951 e. The van der Waals surface area contributed by atoms with Gasteiger partial charge in [-0.05, 0) is 65.1 Å². The van der Waals surface area contributed by atoms with Gasteiger partial charge in [-0.25, -0.2) is 0 Å². The predicted octanol–water partition coefficient (Wildman–Crippen LogP) is 7.82. The van der Waals surface area contributed by atoms with Gasteiger partial charge in [-0.1, -0.05) is 84.1 Å². The van der Waals surface area contributed by atoms with Crippen LogP contribution in [0.4, 0.5) is 0 Å². The van der Waals surface area contributed by atoms with Crippen molar-refractivity contribution in [1.29, 1.82) is 0 Å². The Hall–Kier alpha value is 0.860. The van der Waals surface area contributed by atoms with Gasteiger partial charge in [-0.2, -0.15) is 0 Å². The van der Waals surface area contributed by atoms with E-state index in [2.05, 4.69) is 55.4 Å². The van der Waals surface area contributed by atoms with Gasteiger partial charge >= 0.3 is 0 Å². The summed E-state index contributed by atoms with van der Waals surface area (Å²) >= 11 is 0. The standard InChI is InChI=1S/C21H42P2/c1-18(2)12-9-13-19(3,4)22(18)16-11-17-23-20(5,6)14-10-15-21(23,7)8/h9-17H2,1-8H3. The van der Waals surface area contributed by atoms with Crippen molar-refractivity contribution < 1.29 is 0 Å². The molecule has 0 radical (unpaired) electrons. The van der Waals surface area contributed by atoms with Gasteiger partial charge in [0.05, 0.1) is 0 Å². The third kappa shape index (κ3) is 4.53. The normalized spacial score (nSPS) is 30.3. The summed E-state index contributed by atoms with van der Waals surface area (Å²) in [6.07, 6.45) is 13.3. The Bertz CT molecular complexity index is 336. The molecule has 0 aromatic rings. The maximum Gasteiger partial charge on any atom is -0.0146 e. The van der Waals surface area contributed by atoms with Crippen molar-refractivity contribution in [2.75, 3.05) is 12.3 Å². The summed E-state index contributed by atoms with van der Waals surface area (Å²) in [5, 5.41) is 2.45. The fourth-order valence-corrected chi connectivity index (χ4v) is 14.3. The Morgan fingerprint density at radius 3 is 1.04 bits per heavy atom. The minimum absolute atomic E-state index is 0.163. The van der Waals surface area contributed by atoms with E-state index in [1.165, 1.54) is 57.3 Å². The van der Waals surface area contributed by atoms with E-state index in [1.54, 1.807) is 0 Å². The Morgan fingerprint density at radius 2 is 0.783 bits per heavy atom. The molecular weight excluding hydrogens is 314 g/mol. The first-order chi connectivity index (χ1) is 10.4. The first-order valence-corrected chi connectivity index (χ1v) is 13.0. The van der Waals surface area contributed by atoms with Crippen molar-refractivity contribution in [3.63, 3.8) is 0 Å². The fraction of sp³-hybridized carbons (Fsp3) is 1.00. The topological polar surface area (TPSA) is 0 Å². The Kier molecular flexibility index (Phi) is 6.03. The van der Waals surface area contributed by atoms with Gasteiger partial charge in [0, 0.05) is 0 Å². The van der Waals surface area contributed by atoms with Crippen molar-refractivity contribution in [1.82, 2.24) is 0 Å². The summed E-state index contributed by atoms with van der Waals surface area (Å²) in [4.78, 5) is 0. The molecule has 2 saturated heterocycles. The molecule has 136 valence electrons. The van der Waals surface area contributed by atoms with Crippen LogP contribution < -0.4 is 0 Å². The van der Waals surface area contributed by atoms with E-state index in [-0.39, 0.29) is 15.8 Å². The van der Waals surface area contributed by atoms with Crippen LogP contribution in [-0.2, 0) is 0 Å². The maximum absolute atomic E-state index is 2.57. The van der Waals surface area contributed by atoms with Crippen molar-refractivity contribution >= 4 is 15.8 Å².